The van der Waals surface area contributed by atoms with E-state index in [0.717, 1.165) is 36.7 Å². The Morgan fingerprint density at radius 1 is 1.04 bits per heavy atom. The van der Waals surface area contributed by atoms with Gasteiger partial charge in [0.05, 0.1) is 0 Å². The lowest BCUT2D eigenvalue weighted by atomic mass is 10.0. The van der Waals surface area contributed by atoms with Crippen molar-refractivity contribution < 1.29 is 19.4 Å². The summed E-state index contributed by atoms with van der Waals surface area (Å²) in [6.45, 7) is 6.06. The van der Waals surface area contributed by atoms with Gasteiger partial charge in [-0.1, -0.05) is 48.5 Å². The molecule has 0 heterocycles. The van der Waals surface area contributed by atoms with E-state index in [1.165, 1.54) is 16.7 Å². The Bertz CT molecular complexity index is 735. The van der Waals surface area contributed by atoms with Gasteiger partial charge in [-0.05, 0) is 55.4 Å². The second-order valence-corrected chi connectivity index (χ2v) is 6.47. The molecule has 2 aromatic rings. The molecule has 0 aromatic heterocycles. The van der Waals surface area contributed by atoms with E-state index in [4.69, 9.17) is 14.6 Å². The average Bonchev–Trinajstić information content (AvgIpc) is 2.69. The van der Waals surface area contributed by atoms with Crippen LogP contribution < -0.4 is 4.74 Å². The Morgan fingerprint density at radius 3 is 2.44 bits per heavy atom. The molecule has 0 unspecified atom stereocenters. The summed E-state index contributed by atoms with van der Waals surface area (Å²) in [4.78, 5) is 11.1. The van der Waals surface area contributed by atoms with Gasteiger partial charge in [-0.25, -0.2) is 4.79 Å². The summed E-state index contributed by atoms with van der Waals surface area (Å²) in [5.41, 5.74) is 4.82. The molecule has 4 heteroatoms. The number of esters is 1. The second-order valence-electron chi connectivity index (χ2n) is 6.47. The van der Waals surface area contributed by atoms with Gasteiger partial charge in [0.25, 0.3) is 0 Å². The molecule has 0 spiro atoms. The summed E-state index contributed by atoms with van der Waals surface area (Å²) in [5, 5.41) is 9.10. The third-order valence-electron chi connectivity index (χ3n) is 4.31. The zero-order chi connectivity index (χ0) is 19.5. The predicted octanol–water partition coefficient (Wildman–Crippen LogP) is 3.81. The van der Waals surface area contributed by atoms with Crippen LogP contribution in [-0.2, 0) is 28.8 Å². The molecule has 0 fully saturated rings. The van der Waals surface area contributed by atoms with Crippen LogP contribution in [0, 0.1) is 6.92 Å². The maximum absolute atomic E-state index is 11.1. The average molecular weight is 368 g/mol. The Hall–Kier alpha value is -2.59. The SMILES string of the molecule is C=CC(=O)OCCOc1cc(CCc2ccc(C)cc2)ccc1CCCO. The monoisotopic (exact) mass is 368 g/mol. The number of aliphatic hydroxyl groups is 1. The fourth-order valence-electron chi connectivity index (χ4n) is 2.76. The van der Waals surface area contributed by atoms with Crippen molar-refractivity contribution in [1.82, 2.24) is 0 Å². The molecule has 4 nitrogen and oxygen atoms in total. The molecule has 0 aliphatic carbocycles. The van der Waals surface area contributed by atoms with Crippen LogP contribution in [0.4, 0.5) is 0 Å². The molecule has 0 saturated heterocycles. The summed E-state index contributed by atoms with van der Waals surface area (Å²) in [7, 11) is 0. The molecule has 0 aliphatic heterocycles. The highest BCUT2D eigenvalue weighted by atomic mass is 16.6. The maximum Gasteiger partial charge on any atom is 0.330 e. The van der Waals surface area contributed by atoms with Crippen LogP contribution >= 0.6 is 0 Å². The van der Waals surface area contributed by atoms with Crippen LogP contribution in [0.5, 0.6) is 5.75 Å². The van der Waals surface area contributed by atoms with Crippen LogP contribution in [-0.4, -0.2) is 30.9 Å². The Balaban J connectivity index is 1.99. The molecule has 2 aromatic carbocycles. The van der Waals surface area contributed by atoms with Gasteiger partial charge in [-0.15, -0.1) is 0 Å². The second kappa shape index (κ2) is 11.2. The third kappa shape index (κ3) is 7.27. The first kappa shape index (κ1) is 20.7. The van der Waals surface area contributed by atoms with Crippen molar-refractivity contribution in [3.8, 4) is 5.75 Å². The molecule has 0 bridgehead atoms. The van der Waals surface area contributed by atoms with Gasteiger partial charge in [0, 0.05) is 12.7 Å². The van der Waals surface area contributed by atoms with E-state index in [9.17, 15) is 4.79 Å². The molecular weight excluding hydrogens is 340 g/mol. The molecular formula is C23H28O4. The minimum absolute atomic E-state index is 0.144. The van der Waals surface area contributed by atoms with Gasteiger partial charge >= 0.3 is 5.97 Å². The largest absolute Gasteiger partial charge is 0.490 e. The number of carbonyl (C=O) groups excluding carboxylic acids is 1. The molecule has 144 valence electrons. The summed E-state index contributed by atoms with van der Waals surface area (Å²) >= 11 is 0. The maximum atomic E-state index is 11.1. The quantitative estimate of drug-likeness (QED) is 0.372. The minimum atomic E-state index is -0.453. The van der Waals surface area contributed by atoms with E-state index in [0.29, 0.717) is 6.42 Å². The van der Waals surface area contributed by atoms with Gasteiger partial charge in [0.2, 0.25) is 0 Å². The third-order valence-corrected chi connectivity index (χ3v) is 4.31. The van der Waals surface area contributed by atoms with Crippen LogP contribution in [0.3, 0.4) is 0 Å². The van der Waals surface area contributed by atoms with Crippen LogP contribution in [0.1, 0.15) is 28.7 Å². The van der Waals surface area contributed by atoms with Gasteiger partial charge in [-0.3, -0.25) is 0 Å². The molecule has 1 N–H and O–H groups in total. The van der Waals surface area contributed by atoms with Crippen LogP contribution in [0.2, 0.25) is 0 Å². The van der Waals surface area contributed by atoms with Crippen molar-refractivity contribution in [2.75, 3.05) is 19.8 Å². The molecule has 0 atom stereocenters. The molecule has 0 amide bonds. The topological polar surface area (TPSA) is 55.8 Å². The van der Waals surface area contributed by atoms with Crippen molar-refractivity contribution in [3.63, 3.8) is 0 Å². The number of hydrogen-bond donors (Lipinski definition) is 1. The van der Waals surface area contributed by atoms with Crippen molar-refractivity contribution in [3.05, 3.63) is 77.4 Å². The molecule has 2 rings (SSSR count). The predicted molar refractivity (Wildman–Crippen MR) is 107 cm³/mol. The normalized spacial score (nSPS) is 10.4. The summed E-state index contributed by atoms with van der Waals surface area (Å²) in [5.74, 6) is 0.338. The standard InChI is InChI=1S/C23H28O4/c1-3-23(25)27-16-15-26-22-17-20(12-13-21(22)5-4-14-24)11-10-19-8-6-18(2)7-9-19/h3,6-9,12-13,17,24H,1,4-5,10-11,14-16H2,2H3. The lowest BCUT2D eigenvalue weighted by molar-refractivity contribution is -0.138. The number of ether oxygens (including phenoxy) is 2. The van der Waals surface area contributed by atoms with Gasteiger partial charge in [0.15, 0.2) is 0 Å². The highest BCUT2D eigenvalue weighted by molar-refractivity contribution is 5.81. The first-order chi connectivity index (χ1) is 13.1. The lowest BCUT2D eigenvalue weighted by Gasteiger charge is -2.13. The number of hydrogen-bond acceptors (Lipinski definition) is 4. The summed E-state index contributed by atoms with van der Waals surface area (Å²) in [6.07, 6.45) is 4.46. The summed E-state index contributed by atoms with van der Waals surface area (Å²) in [6, 6.07) is 14.8. The van der Waals surface area contributed by atoms with Crippen LogP contribution in [0.15, 0.2) is 55.1 Å². The highest BCUT2D eigenvalue weighted by Crippen LogP contribution is 2.23. The first-order valence-electron chi connectivity index (χ1n) is 9.32. The van der Waals surface area contributed by atoms with E-state index in [1.807, 2.05) is 0 Å². The van der Waals surface area contributed by atoms with Crippen LogP contribution in [0.25, 0.3) is 0 Å². The summed E-state index contributed by atoms with van der Waals surface area (Å²) < 4.78 is 10.8. The van der Waals surface area contributed by atoms with Gasteiger partial charge in [0.1, 0.15) is 19.0 Å². The van der Waals surface area contributed by atoms with E-state index in [1.54, 1.807) is 0 Å². The number of benzene rings is 2. The zero-order valence-corrected chi connectivity index (χ0v) is 15.9. The smallest absolute Gasteiger partial charge is 0.330 e. The number of carbonyl (C=O) groups is 1. The van der Waals surface area contributed by atoms with Crippen molar-refractivity contribution >= 4 is 5.97 Å². The Kier molecular flexibility index (Phi) is 8.59. The van der Waals surface area contributed by atoms with E-state index in [-0.39, 0.29) is 19.8 Å². The van der Waals surface area contributed by atoms with Crippen molar-refractivity contribution in [2.24, 2.45) is 0 Å². The van der Waals surface area contributed by atoms with Crippen molar-refractivity contribution in [2.45, 2.75) is 32.6 Å². The fourth-order valence-corrected chi connectivity index (χ4v) is 2.76. The number of rotatable bonds is 11. The number of aryl methyl sites for hydroxylation is 4. The Labute approximate surface area is 161 Å². The minimum Gasteiger partial charge on any atom is -0.490 e. The lowest BCUT2D eigenvalue weighted by Crippen LogP contribution is -2.11. The fraction of sp³-hybridized carbons (Fsp3) is 0.348. The first-order valence-corrected chi connectivity index (χ1v) is 9.32. The number of aliphatic hydroxyl groups excluding tert-OH is 1. The molecule has 27 heavy (non-hydrogen) atoms. The highest BCUT2D eigenvalue weighted by Gasteiger charge is 2.07. The van der Waals surface area contributed by atoms with E-state index >= 15 is 0 Å². The van der Waals surface area contributed by atoms with Gasteiger partial charge < -0.3 is 14.6 Å². The van der Waals surface area contributed by atoms with E-state index < -0.39 is 5.97 Å². The van der Waals surface area contributed by atoms with Gasteiger partial charge in [-0.2, -0.15) is 0 Å². The van der Waals surface area contributed by atoms with E-state index in [2.05, 4.69) is 56.0 Å². The van der Waals surface area contributed by atoms with Crippen molar-refractivity contribution in [1.29, 1.82) is 0 Å². The zero-order valence-electron chi connectivity index (χ0n) is 15.9. The Morgan fingerprint density at radius 2 is 1.74 bits per heavy atom. The molecule has 0 aliphatic rings. The molecule has 0 radical (unpaired) electrons. The molecule has 0 saturated carbocycles.